The van der Waals surface area contributed by atoms with Crippen molar-refractivity contribution in [1.29, 1.82) is 0 Å². The maximum atomic E-state index is 5.78. The number of hydrogen-bond donors (Lipinski definition) is 0. The Kier molecular flexibility index (Phi) is 3.34. The molecular weight excluding hydrogens is 234 g/mol. The predicted molar refractivity (Wildman–Crippen MR) is 77.9 cm³/mol. The van der Waals surface area contributed by atoms with E-state index in [-0.39, 0.29) is 0 Å². The molecule has 19 heavy (non-hydrogen) atoms. The molecule has 2 aromatic carbocycles. The molecule has 2 heteroatoms. The zero-order valence-electron chi connectivity index (χ0n) is 11.0. The Labute approximate surface area is 113 Å². The number of rotatable bonds is 4. The van der Waals surface area contributed by atoms with E-state index >= 15 is 0 Å². The monoisotopic (exact) mass is 251 g/mol. The normalized spacial score (nSPS) is 11.0. The van der Waals surface area contributed by atoms with Crippen molar-refractivity contribution in [3.05, 3.63) is 71.9 Å². The van der Waals surface area contributed by atoms with E-state index in [0.717, 1.165) is 0 Å². The van der Waals surface area contributed by atoms with Crippen LogP contribution in [0.15, 0.2) is 60.8 Å². The van der Waals surface area contributed by atoms with Crippen LogP contribution >= 0.6 is 0 Å². The number of aryl methyl sites for hydroxylation is 1. The van der Waals surface area contributed by atoms with Gasteiger partial charge in [0.1, 0.15) is 6.73 Å². The molecule has 0 N–H and O–H groups in total. The molecular formula is C17H17NO. The summed E-state index contributed by atoms with van der Waals surface area (Å²) in [6.45, 7) is 3.34. The van der Waals surface area contributed by atoms with Gasteiger partial charge in [-0.3, -0.25) is 0 Å². The summed E-state index contributed by atoms with van der Waals surface area (Å²) in [4.78, 5) is 0. The van der Waals surface area contributed by atoms with Crippen molar-refractivity contribution in [2.24, 2.45) is 0 Å². The summed E-state index contributed by atoms with van der Waals surface area (Å²) in [6.07, 6.45) is 2.08. The van der Waals surface area contributed by atoms with Gasteiger partial charge in [-0.15, -0.1) is 0 Å². The predicted octanol–water partition coefficient (Wildman–Crippen LogP) is 4.12. The summed E-state index contributed by atoms with van der Waals surface area (Å²) in [7, 11) is 0. The van der Waals surface area contributed by atoms with Gasteiger partial charge >= 0.3 is 0 Å². The van der Waals surface area contributed by atoms with Gasteiger partial charge in [-0.25, -0.2) is 0 Å². The van der Waals surface area contributed by atoms with Crippen LogP contribution in [0.1, 0.15) is 11.1 Å². The van der Waals surface area contributed by atoms with Crippen molar-refractivity contribution in [2.45, 2.75) is 20.3 Å². The van der Waals surface area contributed by atoms with Crippen molar-refractivity contribution < 1.29 is 4.74 Å². The zero-order valence-corrected chi connectivity index (χ0v) is 11.0. The Bertz CT molecular complexity index is 670. The summed E-state index contributed by atoms with van der Waals surface area (Å²) >= 11 is 0. The maximum absolute atomic E-state index is 5.78. The fourth-order valence-corrected chi connectivity index (χ4v) is 2.24. The van der Waals surface area contributed by atoms with Crippen LogP contribution in [-0.2, 0) is 18.1 Å². The number of hydrogen-bond acceptors (Lipinski definition) is 1. The molecule has 0 unspecified atom stereocenters. The third-order valence-corrected chi connectivity index (χ3v) is 3.27. The number of benzene rings is 2. The molecule has 0 spiro atoms. The summed E-state index contributed by atoms with van der Waals surface area (Å²) in [5.74, 6) is 0. The van der Waals surface area contributed by atoms with Gasteiger partial charge in [-0.05, 0) is 35.6 Å². The molecule has 0 fully saturated rings. The van der Waals surface area contributed by atoms with Gasteiger partial charge in [-0.1, -0.05) is 42.5 Å². The van der Waals surface area contributed by atoms with Crippen LogP contribution < -0.4 is 0 Å². The summed E-state index contributed by atoms with van der Waals surface area (Å²) < 4.78 is 7.92. The molecule has 0 aliphatic heterocycles. The van der Waals surface area contributed by atoms with Crippen molar-refractivity contribution in [3.63, 3.8) is 0 Å². The molecule has 96 valence electrons. The van der Waals surface area contributed by atoms with Gasteiger partial charge in [0, 0.05) is 6.20 Å². The van der Waals surface area contributed by atoms with Crippen LogP contribution in [0.4, 0.5) is 0 Å². The van der Waals surface area contributed by atoms with Gasteiger partial charge in [0.2, 0.25) is 0 Å². The second-order valence-corrected chi connectivity index (χ2v) is 4.81. The molecule has 1 heterocycles. The topological polar surface area (TPSA) is 14.2 Å². The summed E-state index contributed by atoms with van der Waals surface area (Å²) in [5, 5.41) is 1.26. The molecule has 0 aliphatic rings. The maximum Gasteiger partial charge on any atom is 0.123 e. The highest BCUT2D eigenvalue weighted by atomic mass is 16.5. The molecule has 0 atom stereocenters. The first kappa shape index (κ1) is 12.0. The van der Waals surface area contributed by atoms with Crippen LogP contribution in [0.2, 0.25) is 0 Å². The average Bonchev–Trinajstić information content (AvgIpc) is 2.83. The van der Waals surface area contributed by atoms with Gasteiger partial charge in [0.15, 0.2) is 0 Å². The van der Waals surface area contributed by atoms with E-state index in [2.05, 4.69) is 54.1 Å². The van der Waals surface area contributed by atoms with Gasteiger partial charge < -0.3 is 9.30 Å². The van der Waals surface area contributed by atoms with Crippen LogP contribution in [0.5, 0.6) is 0 Å². The lowest BCUT2D eigenvalue weighted by molar-refractivity contribution is 0.0668. The Morgan fingerprint density at radius 3 is 2.68 bits per heavy atom. The molecule has 3 rings (SSSR count). The van der Waals surface area contributed by atoms with Crippen LogP contribution in [-0.4, -0.2) is 4.57 Å². The van der Waals surface area contributed by atoms with Crippen molar-refractivity contribution >= 4 is 10.9 Å². The SMILES string of the molecule is Cc1ccc2ccn(COCc3ccccc3)c2c1. The Morgan fingerprint density at radius 1 is 1.00 bits per heavy atom. The minimum Gasteiger partial charge on any atom is -0.356 e. The minimum atomic E-state index is 0.585. The fraction of sp³-hybridized carbons (Fsp3) is 0.176. The van der Waals surface area contributed by atoms with Crippen molar-refractivity contribution in [3.8, 4) is 0 Å². The van der Waals surface area contributed by atoms with E-state index < -0.39 is 0 Å². The quantitative estimate of drug-likeness (QED) is 0.680. The lowest BCUT2D eigenvalue weighted by Crippen LogP contribution is -2.01. The summed E-state index contributed by atoms with van der Waals surface area (Å²) in [6, 6.07) is 18.9. The van der Waals surface area contributed by atoms with E-state index in [0.29, 0.717) is 13.3 Å². The molecule has 0 aliphatic carbocycles. The van der Waals surface area contributed by atoms with E-state index in [4.69, 9.17) is 4.74 Å². The molecule has 0 radical (unpaired) electrons. The molecule has 1 aromatic heterocycles. The van der Waals surface area contributed by atoms with Crippen molar-refractivity contribution in [2.75, 3.05) is 0 Å². The first-order valence-electron chi connectivity index (χ1n) is 6.50. The number of nitrogens with zero attached hydrogens (tertiary/aromatic N) is 1. The van der Waals surface area contributed by atoms with E-state index in [1.54, 1.807) is 0 Å². The molecule has 2 nitrogen and oxygen atoms in total. The van der Waals surface area contributed by atoms with Crippen LogP contribution in [0.25, 0.3) is 10.9 Å². The second-order valence-electron chi connectivity index (χ2n) is 4.81. The van der Waals surface area contributed by atoms with Crippen molar-refractivity contribution in [1.82, 2.24) is 4.57 Å². The number of aromatic nitrogens is 1. The van der Waals surface area contributed by atoms with E-state index in [1.165, 1.54) is 22.0 Å². The Balaban J connectivity index is 1.70. The largest absolute Gasteiger partial charge is 0.356 e. The van der Waals surface area contributed by atoms with Gasteiger partial charge in [-0.2, -0.15) is 0 Å². The Morgan fingerprint density at radius 2 is 1.84 bits per heavy atom. The lowest BCUT2D eigenvalue weighted by Gasteiger charge is -2.07. The number of fused-ring (bicyclic) bond motifs is 1. The second kappa shape index (κ2) is 5.29. The van der Waals surface area contributed by atoms with Gasteiger partial charge in [0.05, 0.1) is 12.1 Å². The molecule has 0 saturated heterocycles. The smallest absolute Gasteiger partial charge is 0.123 e. The average molecular weight is 251 g/mol. The highest BCUT2D eigenvalue weighted by molar-refractivity contribution is 5.80. The first-order chi connectivity index (χ1) is 9.33. The highest BCUT2D eigenvalue weighted by Crippen LogP contribution is 2.17. The molecule has 0 saturated carbocycles. The third kappa shape index (κ3) is 2.69. The third-order valence-electron chi connectivity index (χ3n) is 3.27. The van der Waals surface area contributed by atoms with Gasteiger partial charge in [0.25, 0.3) is 0 Å². The summed E-state index contributed by atoms with van der Waals surface area (Å²) in [5.41, 5.74) is 3.71. The zero-order chi connectivity index (χ0) is 13.1. The minimum absolute atomic E-state index is 0.585. The molecule has 0 bridgehead atoms. The Hall–Kier alpha value is -2.06. The first-order valence-corrected chi connectivity index (χ1v) is 6.50. The van der Waals surface area contributed by atoms with E-state index in [9.17, 15) is 0 Å². The van der Waals surface area contributed by atoms with E-state index in [1.807, 2.05) is 18.2 Å². The molecule has 3 aromatic rings. The highest BCUT2D eigenvalue weighted by Gasteiger charge is 2.01. The fourth-order valence-electron chi connectivity index (χ4n) is 2.24. The van der Waals surface area contributed by atoms with Crippen LogP contribution in [0.3, 0.4) is 0 Å². The standard InChI is InChI=1S/C17H17NO/c1-14-7-8-16-9-10-18(17(16)11-14)13-19-12-15-5-3-2-4-6-15/h2-11H,12-13H2,1H3. The number of ether oxygens (including phenoxy) is 1. The lowest BCUT2D eigenvalue weighted by atomic mass is 10.2. The van der Waals surface area contributed by atoms with Crippen LogP contribution in [0, 0.1) is 6.92 Å². The molecule has 0 amide bonds.